The number of benzene rings is 1. The third-order valence-electron chi connectivity index (χ3n) is 3.72. The highest BCUT2D eigenvalue weighted by Crippen LogP contribution is 2.30. The van der Waals surface area contributed by atoms with E-state index in [1.807, 2.05) is 5.51 Å². The molecule has 1 heterocycles. The van der Waals surface area contributed by atoms with Crippen molar-refractivity contribution in [3.63, 3.8) is 0 Å². The molecule has 0 bridgehead atoms. The minimum Gasteiger partial charge on any atom is -0.310 e. The molecule has 2 nitrogen and oxygen atoms in total. The van der Waals surface area contributed by atoms with Gasteiger partial charge in [0.1, 0.15) is 0 Å². The van der Waals surface area contributed by atoms with E-state index >= 15 is 0 Å². The van der Waals surface area contributed by atoms with Gasteiger partial charge < -0.3 is 5.32 Å². The summed E-state index contributed by atoms with van der Waals surface area (Å²) in [5.41, 5.74) is 6.14. The number of thiazole rings is 1. The second-order valence-corrected chi connectivity index (χ2v) is 5.79. The molecule has 0 amide bonds. The van der Waals surface area contributed by atoms with Crippen LogP contribution in [-0.4, -0.2) is 11.5 Å². The zero-order chi connectivity index (χ0) is 12.4. The standard InChI is InChI=1S/C15H18N2S/c1-11-15(18-10-17-11)8-9-16-14-7-6-12-4-2-3-5-13(12)14/h2-5,10,14,16H,6-9H2,1H3. The van der Waals surface area contributed by atoms with Gasteiger partial charge >= 0.3 is 0 Å². The third-order valence-corrected chi connectivity index (χ3v) is 4.72. The zero-order valence-corrected chi connectivity index (χ0v) is 11.5. The Kier molecular flexibility index (Phi) is 3.43. The molecule has 0 aliphatic heterocycles. The molecule has 3 heteroatoms. The number of aryl methyl sites for hydroxylation is 2. The lowest BCUT2D eigenvalue weighted by atomic mass is 10.1. The summed E-state index contributed by atoms with van der Waals surface area (Å²) in [5.74, 6) is 0. The van der Waals surface area contributed by atoms with Crippen molar-refractivity contribution < 1.29 is 0 Å². The average Bonchev–Trinajstić information content (AvgIpc) is 2.97. The number of nitrogens with zero attached hydrogens (tertiary/aromatic N) is 1. The first-order chi connectivity index (χ1) is 8.84. The van der Waals surface area contributed by atoms with E-state index in [0.29, 0.717) is 6.04 Å². The molecule has 1 aromatic carbocycles. The number of fused-ring (bicyclic) bond motifs is 1. The highest BCUT2D eigenvalue weighted by molar-refractivity contribution is 7.09. The largest absolute Gasteiger partial charge is 0.310 e. The van der Waals surface area contributed by atoms with Crippen LogP contribution < -0.4 is 5.32 Å². The summed E-state index contributed by atoms with van der Waals surface area (Å²) >= 11 is 1.77. The van der Waals surface area contributed by atoms with Crippen LogP contribution >= 0.6 is 11.3 Å². The molecular weight excluding hydrogens is 240 g/mol. The fourth-order valence-electron chi connectivity index (χ4n) is 2.70. The number of hydrogen-bond acceptors (Lipinski definition) is 3. The van der Waals surface area contributed by atoms with Crippen LogP contribution in [0.5, 0.6) is 0 Å². The Morgan fingerprint density at radius 2 is 2.28 bits per heavy atom. The van der Waals surface area contributed by atoms with E-state index < -0.39 is 0 Å². The molecule has 1 aromatic heterocycles. The van der Waals surface area contributed by atoms with E-state index in [1.54, 1.807) is 11.3 Å². The monoisotopic (exact) mass is 258 g/mol. The highest BCUT2D eigenvalue weighted by Gasteiger charge is 2.20. The minimum absolute atomic E-state index is 0.550. The van der Waals surface area contributed by atoms with Gasteiger partial charge in [0, 0.05) is 17.5 Å². The van der Waals surface area contributed by atoms with Crippen LogP contribution in [0.15, 0.2) is 29.8 Å². The summed E-state index contributed by atoms with van der Waals surface area (Å²) in [6.07, 6.45) is 3.55. The van der Waals surface area contributed by atoms with Crippen molar-refractivity contribution in [2.24, 2.45) is 0 Å². The fourth-order valence-corrected chi connectivity index (χ4v) is 3.48. The van der Waals surface area contributed by atoms with Gasteiger partial charge in [-0.15, -0.1) is 11.3 Å². The molecule has 0 spiro atoms. The van der Waals surface area contributed by atoms with Crippen LogP contribution in [0.2, 0.25) is 0 Å². The molecule has 3 rings (SSSR count). The Labute approximate surface area is 112 Å². The van der Waals surface area contributed by atoms with E-state index in [0.717, 1.165) is 13.0 Å². The van der Waals surface area contributed by atoms with Crippen LogP contribution in [0.25, 0.3) is 0 Å². The van der Waals surface area contributed by atoms with Gasteiger partial charge in [0.2, 0.25) is 0 Å². The SMILES string of the molecule is Cc1ncsc1CCNC1CCc2ccccc21. The van der Waals surface area contributed by atoms with E-state index in [1.165, 1.54) is 34.5 Å². The van der Waals surface area contributed by atoms with Gasteiger partial charge in [-0.1, -0.05) is 24.3 Å². The van der Waals surface area contributed by atoms with Gasteiger partial charge in [-0.05, 0) is 37.3 Å². The maximum Gasteiger partial charge on any atom is 0.0797 e. The van der Waals surface area contributed by atoms with Crippen molar-refractivity contribution in [3.05, 3.63) is 51.5 Å². The van der Waals surface area contributed by atoms with Gasteiger partial charge in [-0.3, -0.25) is 0 Å². The Morgan fingerprint density at radius 3 is 3.11 bits per heavy atom. The summed E-state index contributed by atoms with van der Waals surface area (Å²) in [4.78, 5) is 5.70. The van der Waals surface area contributed by atoms with Gasteiger partial charge in [0.25, 0.3) is 0 Å². The van der Waals surface area contributed by atoms with Crippen LogP contribution in [0.4, 0.5) is 0 Å². The summed E-state index contributed by atoms with van der Waals surface area (Å²) in [5, 5.41) is 3.68. The maximum atomic E-state index is 4.29. The molecule has 0 saturated heterocycles. The molecule has 1 unspecified atom stereocenters. The Bertz CT molecular complexity index is 533. The van der Waals surface area contributed by atoms with Gasteiger partial charge in [0.15, 0.2) is 0 Å². The number of rotatable bonds is 4. The quantitative estimate of drug-likeness (QED) is 0.910. The first-order valence-electron chi connectivity index (χ1n) is 6.55. The van der Waals surface area contributed by atoms with E-state index in [9.17, 15) is 0 Å². The summed E-state index contributed by atoms with van der Waals surface area (Å²) in [7, 11) is 0. The lowest BCUT2D eigenvalue weighted by molar-refractivity contribution is 0.534. The Morgan fingerprint density at radius 1 is 1.39 bits per heavy atom. The smallest absolute Gasteiger partial charge is 0.0797 e. The van der Waals surface area contributed by atoms with Crippen molar-refractivity contribution in [1.82, 2.24) is 10.3 Å². The third kappa shape index (κ3) is 2.33. The molecule has 1 aliphatic rings. The molecular formula is C15H18N2S. The van der Waals surface area contributed by atoms with E-state index in [4.69, 9.17) is 0 Å². The molecule has 1 N–H and O–H groups in total. The highest BCUT2D eigenvalue weighted by atomic mass is 32.1. The normalized spacial score (nSPS) is 17.9. The van der Waals surface area contributed by atoms with E-state index in [-0.39, 0.29) is 0 Å². The first-order valence-corrected chi connectivity index (χ1v) is 7.42. The van der Waals surface area contributed by atoms with Crippen molar-refractivity contribution >= 4 is 11.3 Å². The number of aromatic nitrogens is 1. The van der Waals surface area contributed by atoms with Crippen molar-refractivity contribution in [3.8, 4) is 0 Å². The number of hydrogen-bond donors (Lipinski definition) is 1. The topological polar surface area (TPSA) is 24.9 Å². The summed E-state index contributed by atoms with van der Waals surface area (Å²) < 4.78 is 0. The minimum atomic E-state index is 0.550. The Balaban J connectivity index is 1.58. The van der Waals surface area contributed by atoms with Gasteiger partial charge in [0.05, 0.1) is 11.2 Å². The maximum absolute atomic E-state index is 4.29. The zero-order valence-electron chi connectivity index (χ0n) is 10.6. The van der Waals surface area contributed by atoms with Crippen LogP contribution in [-0.2, 0) is 12.8 Å². The summed E-state index contributed by atoms with van der Waals surface area (Å²) in [6, 6.07) is 9.35. The predicted molar refractivity (Wildman–Crippen MR) is 76.1 cm³/mol. The molecule has 0 radical (unpaired) electrons. The molecule has 94 valence electrons. The summed E-state index contributed by atoms with van der Waals surface area (Å²) in [6.45, 7) is 3.14. The molecule has 18 heavy (non-hydrogen) atoms. The second kappa shape index (κ2) is 5.21. The fraction of sp³-hybridized carbons (Fsp3) is 0.400. The van der Waals surface area contributed by atoms with Crippen LogP contribution in [0.1, 0.15) is 34.2 Å². The predicted octanol–water partition coefficient (Wildman–Crippen LogP) is 3.27. The van der Waals surface area contributed by atoms with Gasteiger partial charge in [-0.25, -0.2) is 4.98 Å². The molecule has 0 saturated carbocycles. The van der Waals surface area contributed by atoms with Crippen molar-refractivity contribution in [2.45, 2.75) is 32.2 Å². The lowest BCUT2D eigenvalue weighted by Gasteiger charge is -2.13. The van der Waals surface area contributed by atoms with E-state index in [2.05, 4.69) is 41.5 Å². The van der Waals surface area contributed by atoms with Crippen LogP contribution in [0, 0.1) is 6.92 Å². The Hall–Kier alpha value is -1.19. The van der Waals surface area contributed by atoms with Crippen molar-refractivity contribution in [1.29, 1.82) is 0 Å². The van der Waals surface area contributed by atoms with Gasteiger partial charge in [-0.2, -0.15) is 0 Å². The first kappa shape index (κ1) is 11.9. The van der Waals surface area contributed by atoms with Crippen LogP contribution in [0.3, 0.4) is 0 Å². The molecule has 0 fully saturated rings. The lowest BCUT2D eigenvalue weighted by Crippen LogP contribution is -2.21. The second-order valence-electron chi connectivity index (χ2n) is 4.86. The van der Waals surface area contributed by atoms with Crippen molar-refractivity contribution in [2.75, 3.05) is 6.54 Å². The molecule has 1 atom stereocenters. The molecule has 2 aromatic rings. The average molecular weight is 258 g/mol. The number of nitrogens with one attached hydrogen (secondary N) is 1. The molecule has 1 aliphatic carbocycles.